The van der Waals surface area contributed by atoms with Crippen LogP contribution in [0.3, 0.4) is 0 Å². The normalized spacial score (nSPS) is 18.4. The van der Waals surface area contributed by atoms with Crippen LogP contribution in [0.1, 0.15) is 5.56 Å². The topological polar surface area (TPSA) is 24.7 Å². The monoisotopic (exact) mass is 170 g/mol. The van der Waals surface area contributed by atoms with Crippen LogP contribution in [-0.2, 0) is 5.12 Å². The first-order valence-corrected chi connectivity index (χ1v) is 3.47. The Kier molecular flexibility index (Phi) is 1.23. The number of hydrogen-bond acceptors (Lipinski definition) is 2. The largest absolute Gasteiger partial charge is 0.289 e. The quantitative estimate of drug-likeness (QED) is 0.457. The third-order valence-corrected chi connectivity index (χ3v) is 1.86. The molecule has 0 aromatic heterocycles. The predicted octanol–water partition coefficient (Wildman–Crippen LogP) is 2.64. The zero-order chi connectivity index (χ0) is 7.90. The van der Waals surface area contributed by atoms with Crippen molar-refractivity contribution in [1.29, 1.82) is 0 Å². The molecule has 4 heteroatoms. The van der Waals surface area contributed by atoms with Gasteiger partial charge < -0.3 is 0 Å². The molecule has 1 aliphatic heterocycles. The molecule has 0 atom stereocenters. The summed E-state index contributed by atoms with van der Waals surface area (Å²) < 4.78 is 12.4. The van der Waals surface area contributed by atoms with Crippen molar-refractivity contribution in [3.8, 4) is 0 Å². The van der Waals surface area contributed by atoms with Crippen LogP contribution in [-0.4, -0.2) is 0 Å². The molecular formula is C7H4ClFN2. The summed E-state index contributed by atoms with van der Waals surface area (Å²) >= 11 is 5.77. The van der Waals surface area contributed by atoms with Crippen LogP contribution in [0.4, 0.5) is 4.39 Å². The molecule has 0 N–H and O–H groups in total. The molecule has 56 valence electrons. The highest BCUT2D eigenvalue weighted by molar-refractivity contribution is 6.24. The van der Waals surface area contributed by atoms with Crippen LogP contribution in [0.2, 0.25) is 0 Å². The molecule has 0 spiro atoms. The Bertz CT molecular complexity index is 301. The fourth-order valence-corrected chi connectivity index (χ4v) is 0.985. The summed E-state index contributed by atoms with van der Waals surface area (Å²) in [7, 11) is 0. The average Bonchev–Trinajstić information content (AvgIpc) is 2.70. The summed E-state index contributed by atoms with van der Waals surface area (Å²) in [6, 6.07) is 5.82. The lowest BCUT2D eigenvalue weighted by atomic mass is 10.2. The van der Waals surface area contributed by atoms with Crippen molar-refractivity contribution >= 4 is 11.6 Å². The first-order valence-electron chi connectivity index (χ1n) is 3.10. The number of nitrogens with zero attached hydrogens (tertiary/aromatic N) is 2. The summed E-state index contributed by atoms with van der Waals surface area (Å²) in [6.07, 6.45) is 0. The van der Waals surface area contributed by atoms with E-state index in [0.717, 1.165) is 0 Å². The van der Waals surface area contributed by atoms with Gasteiger partial charge in [0, 0.05) is 5.56 Å². The lowest BCUT2D eigenvalue weighted by Gasteiger charge is -1.99. The second-order valence-corrected chi connectivity index (χ2v) is 2.82. The fraction of sp³-hybridized carbons (Fsp3) is 0.143. The highest BCUT2D eigenvalue weighted by Crippen LogP contribution is 2.43. The van der Waals surface area contributed by atoms with E-state index in [9.17, 15) is 4.39 Å². The van der Waals surface area contributed by atoms with Gasteiger partial charge in [0.05, 0.1) is 0 Å². The van der Waals surface area contributed by atoms with Crippen molar-refractivity contribution in [3.63, 3.8) is 0 Å². The molecule has 0 bridgehead atoms. The van der Waals surface area contributed by atoms with Gasteiger partial charge in [-0.05, 0) is 12.1 Å². The fourth-order valence-electron chi connectivity index (χ4n) is 0.821. The lowest BCUT2D eigenvalue weighted by molar-refractivity contribution is 0.626. The van der Waals surface area contributed by atoms with Gasteiger partial charge in [-0.15, -0.1) is 10.2 Å². The number of alkyl halides is 1. The summed E-state index contributed by atoms with van der Waals surface area (Å²) in [6.45, 7) is 0. The molecule has 0 amide bonds. The zero-order valence-electron chi connectivity index (χ0n) is 5.46. The maximum absolute atomic E-state index is 12.4. The van der Waals surface area contributed by atoms with Gasteiger partial charge in [0.1, 0.15) is 5.82 Å². The highest BCUT2D eigenvalue weighted by Gasteiger charge is 2.39. The molecule has 11 heavy (non-hydrogen) atoms. The molecule has 0 saturated carbocycles. The third-order valence-electron chi connectivity index (χ3n) is 1.49. The Morgan fingerprint density at radius 1 is 1.18 bits per heavy atom. The molecule has 0 saturated heterocycles. The van der Waals surface area contributed by atoms with Crippen LogP contribution in [0.25, 0.3) is 0 Å². The minimum absolute atomic E-state index is 0.283. The first-order chi connectivity index (χ1) is 5.21. The van der Waals surface area contributed by atoms with E-state index in [2.05, 4.69) is 10.2 Å². The minimum atomic E-state index is -0.909. The Morgan fingerprint density at radius 3 is 2.18 bits per heavy atom. The molecule has 1 aliphatic rings. The third kappa shape index (κ3) is 1.12. The molecule has 0 aliphatic carbocycles. The molecular weight excluding hydrogens is 167 g/mol. The van der Waals surface area contributed by atoms with E-state index in [1.165, 1.54) is 12.1 Å². The highest BCUT2D eigenvalue weighted by atomic mass is 35.5. The van der Waals surface area contributed by atoms with Crippen LogP contribution in [0, 0.1) is 5.82 Å². The van der Waals surface area contributed by atoms with E-state index in [4.69, 9.17) is 11.6 Å². The summed E-state index contributed by atoms with van der Waals surface area (Å²) in [5, 5.41) is 6.30. The van der Waals surface area contributed by atoms with E-state index < -0.39 is 5.12 Å². The Balaban J connectivity index is 2.34. The van der Waals surface area contributed by atoms with E-state index in [0.29, 0.717) is 5.56 Å². The molecule has 1 aromatic rings. The van der Waals surface area contributed by atoms with Gasteiger partial charge in [-0.3, -0.25) is 0 Å². The summed E-state index contributed by atoms with van der Waals surface area (Å²) in [5.41, 5.74) is 0.709. The second kappa shape index (κ2) is 2.01. The lowest BCUT2D eigenvalue weighted by Crippen LogP contribution is -1.96. The van der Waals surface area contributed by atoms with Crippen molar-refractivity contribution in [2.75, 3.05) is 0 Å². The standard InChI is InChI=1S/C7H4ClFN2/c8-7(10-11-7)5-1-3-6(9)4-2-5/h1-4H. The second-order valence-electron chi connectivity index (χ2n) is 2.29. The van der Waals surface area contributed by atoms with Gasteiger partial charge in [0.15, 0.2) is 0 Å². The van der Waals surface area contributed by atoms with Crippen LogP contribution in [0.5, 0.6) is 0 Å². The van der Waals surface area contributed by atoms with Crippen LogP contribution >= 0.6 is 11.6 Å². The van der Waals surface area contributed by atoms with Crippen molar-refractivity contribution in [3.05, 3.63) is 35.6 Å². The molecule has 2 nitrogen and oxygen atoms in total. The van der Waals surface area contributed by atoms with Crippen LogP contribution in [0.15, 0.2) is 34.5 Å². The molecule has 2 rings (SSSR count). The molecule has 0 unspecified atom stereocenters. The molecule has 0 fully saturated rings. The van der Waals surface area contributed by atoms with E-state index in [-0.39, 0.29) is 5.82 Å². The van der Waals surface area contributed by atoms with Crippen molar-refractivity contribution in [2.24, 2.45) is 10.2 Å². The van der Waals surface area contributed by atoms with Gasteiger partial charge in [-0.2, -0.15) is 0 Å². The van der Waals surface area contributed by atoms with Gasteiger partial charge >= 0.3 is 0 Å². The SMILES string of the molecule is Fc1ccc(C2(Cl)N=N2)cc1. The summed E-state index contributed by atoms with van der Waals surface area (Å²) in [5.74, 6) is -0.283. The van der Waals surface area contributed by atoms with E-state index in [1.807, 2.05) is 0 Å². The Morgan fingerprint density at radius 2 is 1.73 bits per heavy atom. The number of rotatable bonds is 1. The molecule has 0 radical (unpaired) electrons. The summed E-state index contributed by atoms with van der Waals surface area (Å²) in [4.78, 5) is 0. The molecule has 1 aromatic carbocycles. The zero-order valence-corrected chi connectivity index (χ0v) is 6.22. The number of halogens is 2. The van der Waals surface area contributed by atoms with Gasteiger partial charge in [0.25, 0.3) is 5.12 Å². The molecule has 1 heterocycles. The first kappa shape index (κ1) is 6.73. The number of hydrogen-bond donors (Lipinski definition) is 0. The predicted molar refractivity (Wildman–Crippen MR) is 38.8 cm³/mol. The smallest absolute Gasteiger partial charge is 0.207 e. The van der Waals surface area contributed by atoms with E-state index in [1.54, 1.807) is 12.1 Å². The van der Waals surface area contributed by atoms with E-state index >= 15 is 0 Å². The maximum atomic E-state index is 12.4. The van der Waals surface area contributed by atoms with Crippen molar-refractivity contribution < 1.29 is 4.39 Å². The van der Waals surface area contributed by atoms with Gasteiger partial charge in [-0.1, -0.05) is 23.7 Å². The Labute approximate surface area is 67.7 Å². The van der Waals surface area contributed by atoms with Gasteiger partial charge in [0.2, 0.25) is 0 Å². The maximum Gasteiger partial charge on any atom is 0.289 e. The average molecular weight is 171 g/mol. The number of benzene rings is 1. The van der Waals surface area contributed by atoms with Crippen molar-refractivity contribution in [2.45, 2.75) is 5.12 Å². The Hall–Kier alpha value is -0.960. The van der Waals surface area contributed by atoms with Crippen LogP contribution < -0.4 is 0 Å². The van der Waals surface area contributed by atoms with Crippen molar-refractivity contribution in [1.82, 2.24) is 0 Å². The minimum Gasteiger partial charge on any atom is -0.207 e. The van der Waals surface area contributed by atoms with Gasteiger partial charge in [-0.25, -0.2) is 4.39 Å².